The zero-order valence-electron chi connectivity index (χ0n) is 6.22. The molecule has 55 valence electrons. The van der Waals surface area contributed by atoms with E-state index in [1.165, 1.54) is 6.42 Å². The Labute approximate surface area is 61.8 Å². The SMILES string of the molecule is CCC(C)CSCC[O]. The highest BCUT2D eigenvalue weighted by Crippen LogP contribution is 2.09. The predicted octanol–water partition coefficient (Wildman–Crippen LogP) is 2.20. The van der Waals surface area contributed by atoms with Crippen LogP contribution in [0.2, 0.25) is 0 Å². The molecule has 0 bridgehead atoms. The molecule has 9 heavy (non-hydrogen) atoms. The molecule has 0 fully saturated rings. The average Bonchev–Trinajstić information content (AvgIpc) is 1.89. The molecule has 1 atom stereocenters. The Morgan fingerprint density at radius 1 is 1.56 bits per heavy atom. The Morgan fingerprint density at radius 2 is 2.22 bits per heavy atom. The van der Waals surface area contributed by atoms with Crippen molar-refractivity contribution in [2.75, 3.05) is 18.1 Å². The van der Waals surface area contributed by atoms with Crippen LogP contribution in [0.15, 0.2) is 0 Å². The molecule has 0 aliphatic carbocycles. The second kappa shape index (κ2) is 6.43. The fourth-order valence-corrected chi connectivity index (χ4v) is 1.38. The lowest BCUT2D eigenvalue weighted by Gasteiger charge is -2.04. The molecule has 0 spiro atoms. The molecule has 0 aromatic rings. The Morgan fingerprint density at radius 3 is 2.67 bits per heavy atom. The summed E-state index contributed by atoms with van der Waals surface area (Å²) in [6.07, 6.45) is 1.23. The summed E-state index contributed by atoms with van der Waals surface area (Å²) in [5.41, 5.74) is 0. The molecule has 1 unspecified atom stereocenters. The normalized spacial score (nSPS) is 13.7. The van der Waals surface area contributed by atoms with E-state index in [9.17, 15) is 5.11 Å². The molecule has 0 amide bonds. The van der Waals surface area contributed by atoms with E-state index in [-0.39, 0.29) is 6.61 Å². The van der Waals surface area contributed by atoms with Crippen molar-refractivity contribution in [3.8, 4) is 0 Å². The first kappa shape index (κ1) is 9.31. The molecule has 0 aliphatic heterocycles. The van der Waals surface area contributed by atoms with Gasteiger partial charge in [-0.05, 0) is 11.7 Å². The first-order valence-electron chi connectivity index (χ1n) is 3.47. The van der Waals surface area contributed by atoms with Gasteiger partial charge in [-0.15, -0.1) is 0 Å². The summed E-state index contributed by atoms with van der Waals surface area (Å²) in [4.78, 5) is 0. The monoisotopic (exact) mass is 147 g/mol. The Hall–Kier alpha value is 0.310. The van der Waals surface area contributed by atoms with Gasteiger partial charge in [0.2, 0.25) is 0 Å². The van der Waals surface area contributed by atoms with E-state index < -0.39 is 0 Å². The van der Waals surface area contributed by atoms with Gasteiger partial charge in [0.15, 0.2) is 0 Å². The van der Waals surface area contributed by atoms with E-state index in [0.717, 1.165) is 17.4 Å². The second-order valence-corrected chi connectivity index (χ2v) is 3.44. The minimum Gasteiger partial charge on any atom is -0.236 e. The van der Waals surface area contributed by atoms with Crippen LogP contribution in [0.3, 0.4) is 0 Å². The molecule has 2 heteroatoms. The van der Waals surface area contributed by atoms with Crippen LogP contribution in [0.5, 0.6) is 0 Å². The van der Waals surface area contributed by atoms with E-state index in [4.69, 9.17) is 0 Å². The van der Waals surface area contributed by atoms with Gasteiger partial charge in [-0.2, -0.15) is 11.8 Å². The number of thioether (sulfide) groups is 1. The fraction of sp³-hybridized carbons (Fsp3) is 1.00. The van der Waals surface area contributed by atoms with Crippen molar-refractivity contribution in [1.29, 1.82) is 0 Å². The molecule has 0 rings (SSSR count). The minimum absolute atomic E-state index is 0.0705. The van der Waals surface area contributed by atoms with E-state index in [1.54, 1.807) is 11.8 Å². The third kappa shape index (κ3) is 6.19. The van der Waals surface area contributed by atoms with Crippen LogP contribution >= 0.6 is 11.8 Å². The maximum atomic E-state index is 9.98. The van der Waals surface area contributed by atoms with Crippen LogP contribution in [-0.4, -0.2) is 18.1 Å². The predicted molar refractivity (Wildman–Crippen MR) is 42.3 cm³/mol. The van der Waals surface area contributed by atoms with Crippen molar-refractivity contribution in [2.24, 2.45) is 5.92 Å². The quantitative estimate of drug-likeness (QED) is 0.546. The van der Waals surface area contributed by atoms with Gasteiger partial charge in [0.1, 0.15) is 0 Å². The lowest BCUT2D eigenvalue weighted by molar-refractivity contribution is 0.215. The van der Waals surface area contributed by atoms with Crippen LogP contribution < -0.4 is 0 Å². The van der Waals surface area contributed by atoms with Crippen LogP contribution in [0, 0.1) is 5.92 Å². The van der Waals surface area contributed by atoms with Gasteiger partial charge < -0.3 is 0 Å². The molecule has 0 saturated carbocycles. The standard InChI is InChI=1S/C7H15OS/c1-3-7(2)6-9-5-4-8/h7H,3-6H2,1-2H3. The van der Waals surface area contributed by atoms with Gasteiger partial charge in [-0.25, -0.2) is 5.11 Å². The van der Waals surface area contributed by atoms with Crippen molar-refractivity contribution in [3.63, 3.8) is 0 Å². The Kier molecular flexibility index (Phi) is 6.65. The average molecular weight is 147 g/mol. The van der Waals surface area contributed by atoms with Gasteiger partial charge in [0.05, 0.1) is 6.61 Å². The highest BCUT2D eigenvalue weighted by molar-refractivity contribution is 7.99. The summed E-state index contributed by atoms with van der Waals surface area (Å²) in [5.74, 6) is 2.71. The molecule has 1 radical (unpaired) electrons. The van der Waals surface area contributed by atoms with Crippen molar-refractivity contribution in [2.45, 2.75) is 20.3 Å². The van der Waals surface area contributed by atoms with Crippen molar-refractivity contribution in [3.05, 3.63) is 0 Å². The Bertz CT molecular complexity index is 56.9. The first-order valence-corrected chi connectivity index (χ1v) is 4.62. The lowest BCUT2D eigenvalue weighted by atomic mass is 10.2. The minimum atomic E-state index is 0.0705. The summed E-state index contributed by atoms with van der Waals surface area (Å²) in [5, 5.41) is 9.98. The van der Waals surface area contributed by atoms with Gasteiger partial charge in [0, 0.05) is 5.75 Å². The van der Waals surface area contributed by atoms with Crippen molar-refractivity contribution < 1.29 is 5.11 Å². The number of hydrogen-bond donors (Lipinski definition) is 0. The molecular weight excluding hydrogens is 132 g/mol. The zero-order valence-corrected chi connectivity index (χ0v) is 7.04. The molecule has 0 saturated heterocycles. The van der Waals surface area contributed by atoms with E-state index in [2.05, 4.69) is 13.8 Å². The van der Waals surface area contributed by atoms with Crippen LogP contribution in [-0.2, 0) is 5.11 Å². The summed E-state index contributed by atoms with van der Waals surface area (Å²) < 4.78 is 0. The van der Waals surface area contributed by atoms with Crippen molar-refractivity contribution in [1.82, 2.24) is 0 Å². The summed E-state index contributed by atoms with van der Waals surface area (Å²) in [7, 11) is 0. The lowest BCUT2D eigenvalue weighted by Crippen LogP contribution is -1.97. The maximum Gasteiger partial charge on any atom is 0.0912 e. The highest BCUT2D eigenvalue weighted by atomic mass is 32.2. The molecule has 0 aromatic heterocycles. The van der Waals surface area contributed by atoms with Gasteiger partial charge in [0.25, 0.3) is 0 Å². The third-order valence-corrected chi connectivity index (χ3v) is 2.59. The molecule has 0 heterocycles. The van der Waals surface area contributed by atoms with Gasteiger partial charge in [-0.1, -0.05) is 20.3 Å². The molecular formula is C7H15OS. The molecule has 0 aromatic carbocycles. The topological polar surface area (TPSA) is 19.9 Å². The van der Waals surface area contributed by atoms with E-state index in [0.29, 0.717) is 0 Å². The largest absolute Gasteiger partial charge is 0.236 e. The smallest absolute Gasteiger partial charge is 0.0912 e. The molecule has 1 nitrogen and oxygen atoms in total. The highest BCUT2D eigenvalue weighted by Gasteiger charge is 1.96. The molecule has 0 aliphatic rings. The van der Waals surface area contributed by atoms with Crippen LogP contribution in [0.1, 0.15) is 20.3 Å². The van der Waals surface area contributed by atoms with Gasteiger partial charge >= 0.3 is 0 Å². The van der Waals surface area contributed by atoms with E-state index in [1.807, 2.05) is 0 Å². The summed E-state index contributed by atoms with van der Waals surface area (Å²) in [6.45, 7) is 4.47. The number of rotatable bonds is 5. The zero-order chi connectivity index (χ0) is 7.11. The van der Waals surface area contributed by atoms with Crippen molar-refractivity contribution >= 4 is 11.8 Å². The van der Waals surface area contributed by atoms with Crippen LogP contribution in [0.25, 0.3) is 0 Å². The van der Waals surface area contributed by atoms with E-state index >= 15 is 0 Å². The second-order valence-electron chi connectivity index (χ2n) is 2.29. The first-order chi connectivity index (χ1) is 4.31. The summed E-state index contributed by atoms with van der Waals surface area (Å²) >= 11 is 1.77. The third-order valence-electron chi connectivity index (χ3n) is 1.33. The summed E-state index contributed by atoms with van der Waals surface area (Å²) in [6, 6.07) is 0. The van der Waals surface area contributed by atoms with Crippen LogP contribution in [0.4, 0.5) is 0 Å². The fourth-order valence-electron chi connectivity index (χ4n) is 0.461. The number of hydrogen-bond acceptors (Lipinski definition) is 1. The Balaban J connectivity index is 2.88. The maximum absolute atomic E-state index is 9.98. The molecule has 0 N–H and O–H groups in total. The van der Waals surface area contributed by atoms with Gasteiger partial charge in [-0.3, -0.25) is 0 Å².